The number of aromatic nitrogens is 3. The predicted molar refractivity (Wildman–Crippen MR) is 129 cm³/mol. The zero-order valence-electron chi connectivity index (χ0n) is 19.2. The Hall–Kier alpha value is -4.65. The number of hydrogen-bond acceptors (Lipinski definition) is 6. The maximum Gasteiger partial charge on any atom is 0.298 e. The molecular formula is C26H21F2N5O3. The number of anilines is 1. The van der Waals surface area contributed by atoms with Gasteiger partial charge in [0.1, 0.15) is 11.3 Å². The summed E-state index contributed by atoms with van der Waals surface area (Å²) in [6, 6.07) is 9.94. The second-order valence-corrected chi connectivity index (χ2v) is 8.33. The lowest BCUT2D eigenvalue weighted by atomic mass is 10.1. The Balaban J connectivity index is 1.52. The number of carbonyl (C=O) groups excluding carboxylic acids is 1. The van der Waals surface area contributed by atoms with E-state index in [9.17, 15) is 18.7 Å². The number of carbonyl (C=O) groups is 1. The third-order valence-electron chi connectivity index (χ3n) is 6.13. The number of ether oxygens (including phenoxy) is 1. The van der Waals surface area contributed by atoms with Crippen molar-refractivity contribution in [3.8, 4) is 40.3 Å². The van der Waals surface area contributed by atoms with E-state index in [1.807, 2.05) is 10.8 Å². The summed E-state index contributed by atoms with van der Waals surface area (Å²) in [5.74, 6) is 2.92. The van der Waals surface area contributed by atoms with Crippen molar-refractivity contribution in [2.45, 2.75) is 19.4 Å². The number of amides is 1. The molecule has 10 heteroatoms. The fourth-order valence-electron chi connectivity index (χ4n) is 4.46. The Morgan fingerprint density at radius 1 is 1.17 bits per heavy atom. The molecule has 0 unspecified atom stereocenters. The summed E-state index contributed by atoms with van der Waals surface area (Å²) in [5, 5.41) is 18.7. The van der Waals surface area contributed by atoms with Crippen LogP contribution < -0.4 is 10.5 Å². The Morgan fingerprint density at radius 3 is 2.58 bits per heavy atom. The number of hydrogen-bond donors (Lipinski definition) is 2. The Bertz CT molecular complexity index is 1520. The molecule has 182 valence electrons. The molecule has 5 rings (SSSR count). The third kappa shape index (κ3) is 4.05. The molecular weight excluding hydrogens is 468 g/mol. The Morgan fingerprint density at radius 2 is 1.89 bits per heavy atom. The van der Waals surface area contributed by atoms with E-state index in [0.29, 0.717) is 41.5 Å². The largest absolute Gasteiger partial charge is 0.491 e. The normalized spacial score (nSPS) is 15.1. The number of aromatic hydroxyl groups is 1. The van der Waals surface area contributed by atoms with E-state index in [0.717, 1.165) is 12.1 Å². The lowest BCUT2D eigenvalue weighted by molar-refractivity contribution is -0.124. The molecule has 8 nitrogen and oxygen atoms in total. The highest BCUT2D eigenvalue weighted by atomic mass is 19.1. The zero-order valence-corrected chi connectivity index (χ0v) is 19.2. The second kappa shape index (κ2) is 9.19. The van der Waals surface area contributed by atoms with Crippen LogP contribution >= 0.6 is 0 Å². The van der Waals surface area contributed by atoms with Gasteiger partial charge < -0.3 is 25.0 Å². The van der Waals surface area contributed by atoms with Gasteiger partial charge in [0.15, 0.2) is 23.2 Å². The summed E-state index contributed by atoms with van der Waals surface area (Å²) >= 11 is 0. The monoisotopic (exact) mass is 489 g/mol. The molecule has 1 atom stereocenters. The highest BCUT2D eigenvalue weighted by Gasteiger charge is 2.30. The van der Waals surface area contributed by atoms with Crippen LogP contribution in [0.2, 0.25) is 0 Å². The van der Waals surface area contributed by atoms with Crippen LogP contribution in [0.1, 0.15) is 19.4 Å². The van der Waals surface area contributed by atoms with Gasteiger partial charge in [0.25, 0.3) is 11.8 Å². The number of benzene rings is 2. The molecule has 1 amide bonds. The van der Waals surface area contributed by atoms with Crippen LogP contribution in [-0.2, 0) is 4.79 Å². The smallest absolute Gasteiger partial charge is 0.298 e. The van der Waals surface area contributed by atoms with Crippen LogP contribution in [0.25, 0.3) is 22.0 Å². The minimum absolute atomic E-state index is 0.132. The van der Waals surface area contributed by atoms with Crippen molar-refractivity contribution in [1.82, 2.24) is 19.7 Å². The minimum Gasteiger partial charge on any atom is -0.491 e. The molecule has 1 aliphatic heterocycles. The molecule has 0 spiro atoms. The van der Waals surface area contributed by atoms with Crippen molar-refractivity contribution < 1.29 is 23.4 Å². The van der Waals surface area contributed by atoms with Gasteiger partial charge in [-0.1, -0.05) is 24.1 Å². The number of likely N-dealkylation sites (tertiary alicyclic amines) is 1. The molecule has 3 N–H and O–H groups in total. The first kappa shape index (κ1) is 23.1. The lowest BCUT2D eigenvalue weighted by Gasteiger charge is -2.15. The standard InChI is InChI=1S/C26H21F2N5O3/c1-2-4-21(34)32-12-11-16(13-32)33-14-18(22-23(33)26(35)31-30-25(22)29)15-7-9-17(10-8-15)36-24-19(27)5-3-6-20(24)28/h3,5-10,14,16H,11-13H2,1H3,(H2,29,30)(H,31,35)/t16-/m1/s1. The molecule has 1 saturated heterocycles. The molecule has 0 saturated carbocycles. The molecule has 4 aromatic rings. The zero-order chi connectivity index (χ0) is 25.4. The first-order chi connectivity index (χ1) is 17.4. The van der Waals surface area contributed by atoms with Crippen molar-refractivity contribution in [2.75, 3.05) is 18.8 Å². The number of nitrogens with zero attached hydrogens (tertiary/aromatic N) is 4. The van der Waals surface area contributed by atoms with Crippen molar-refractivity contribution >= 4 is 22.6 Å². The predicted octanol–water partition coefficient (Wildman–Crippen LogP) is 4.25. The molecule has 36 heavy (non-hydrogen) atoms. The van der Waals surface area contributed by atoms with Gasteiger partial charge in [0.2, 0.25) is 0 Å². The number of halogens is 2. The molecule has 1 fully saturated rings. The van der Waals surface area contributed by atoms with Gasteiger partial charge in [-0.25, -0.2) is 8.78 Å². The number of nitrogen functional groups attached to an aromatic ring is 1. The Labute approximate surface area is 204 Å². The summed E-state index contributed by atoms with van der Waals surface area (Å²) in [6.07, 6.45) is 2.49. The fourth-order valence-corrected chi connectivity index (χ4v) is 4.46. The average molecular weight is 489 g/mol. The maximum atomic E-state index is 14.0. The van der Waals surface area contributed by atoms with E-state index < -0.39 is 17.4 Å². The topological polar surface area (TPSA) is 106 Å². The lowest BCUT2D eigenvalue weighted by Crippen LogP contribution is -2.27. The summed E-state index contributed by atoms with van der Waals surface area (Å²) in [7, 11) is 0. The van der Waals surface area contributed by atoms with Gasteiger partial charge in [-0.3, -0.25) is 4.79 Å². The molecule has 2 aromatic heterocycles. The van der Waals surface area contributed by atoms with Crippen LogP contribution in [0, 0.1) is 23.5 Å². The van der Waals surface area contributed by atoms with E-state index >= 15 is 0 Å². The summed E-state index contributed by atoms with van der Waals surface area (Å²) in [4.78, 5) is 13.9. The van der Waals surface area contributed by atoms with Crippen LogP contribution in [0.4, 0.5) is 14.6 Å². The fraction of sp³-hybridized carbons (Fsp3) is 0.192. The van der Waals surface area contributed by atoms with Crippen LogP contribution in [0.5, 0.6) is 17.4 Å². The molecule has 0 bridgehead atoms. The van der Waals surface area contributed by atoms with E-state index in [1.54, 1.807) is 36.1 Å². The number of fused-ring (bicyclic) bond motifs is 1. The first-order valence-corrected chi connectivity index (χ1v) is 11.2. The van der Waals surface area contributed by atoms with Crippen LogP contribution in [-0.4, -0.2) is 43.8 Å². The highest BCUT2D eigenvalue weighted by molar-refractivity contribution is 6.04. The quantitative estimate of drug-likeness (QED) is 0.415. The van der Waals surface area contributed by atoms with Crippen LogP contribution in [0.15, 0.2) is 48.7 Å². The number of nitrogens with two attached hydrogens (primary N) is 1. The van der Waals surface area contributed by atoms with Gasteiger partial charge in [0, 0.05) is 24.8 Å². The van der Waals surface area contributed by atoms with Crippen molar-refractivity contribution in [3.63, 3.8) is 0 Å². The number of rotatable bonds is 4. The minimum atomic E-state index is -0.807. The Kier molecular flexibility index (Phi) is 5.90. The van der Waals surface area contributed by atoms with E-state index in [1.165, 1.54) is 6.07 Å². The van der Waals surface area contributed by atoms with Crippen molar-refractivity contribution in [3.05, 3.63) is 60.3 Å². The van der Waals surface area contributed by atoms with Gasteiger partial charge >= 0.3 is 0 Å². The SMILES string of the molecule is CC#CC(=O)N1CC[C@@H](n2cc(-c3ccc(Oc4c(F)cccc4F)cc3)c3c(N)nnc(O)c32)C1. The molecule has 1 aliphatic rings. The van der Waals surface area contributed by atoms with E-state index in [4.69, 9.17) is 10.5 Å². The van der Waals surface area contributed by atoms with Gasteiger partial charge in [-0.05, 0) is 49.1 Å². The molecule has 2 aromatic carbocycles. The maximum absolute atomic E-state index is 14.0. The average Bonchev–Trinajstić information content (AvgIpc) is 3.51. The van der Waals surface area contributed by atoms with Crippen molar-refractivity contribution in [1.29, 1.82) is 0 Å². The molecule has 0 aliphatic carbocycles. The summed E-state index contributed by atoms with van der Waals surface area (Å²) in [5.41, 5.74) is 7.96. The van der Waals surface area contributed by atoms with E-state index in [2.05, 4.69) is 22.0 Å². The van der Waals surface area contributed by atoms with E-state index in [-0.39, 0.29) is 29.4 Å². The first-order valence-electron chi connectivity index (χ1n) is 11.2. The highest BCUT2D eigenvalue weighted by Crippen LogP contribution is 2.40. The molecule has 3 heterocycles. The second-order valence-electron chi connectivity index (χ2n) is 8.33. The third-order valence-corrected chi connectivity index (χ3v) is 6.13. The summed E-state index contributed by atoms with van der Waals surface area (Å²) in [6.45, 7) is 2.56. The van der Waals surface area contributed by atoms with Gasteiger partial charge in [-0.15, -0.1) is 10.2 Å². The van der Waals surface area contributed by atoms with Crippen LogP contribution in [0.3, 0.4) is 0 Å². The summed E-state index contributed by atoms with van der Waals surface area (Å²) < 4.78 is 35.2. The van der Waals surface area contributed by atoms with Gasteiger partial charge in [0.05, 0.1) is 11.4 Å². The van der Waals surface area contributed by atoms with Gasteiger partial charge in [-0.2, -0.15) is 0 Å². The number of para-hydroxylation sites is 1. The van der Waals surface area contributed by atoms with Crippen molar-refractivity contribution in [2.24, 2.45) is 0 Å². The molecule has 0 radical (unpaired) electrons.